The predicted octanol–water partition coefficient (Wildman–Crippen LogP) is 1.62. The summed E-state index contributed by atoms with van der Waals surface area (Å²) in [5, 5.41) is 13.5. The Labute approximate surface area is 175 Å². The summed E-state index contributed by atoms with van der Waals surface area (Å²) in [5.41, 5.74) is 6.23. The van der Waals surface area contributed by atoms with E-state index in [-0.39, 0.29) is 19.4 Å². The van der Waals surface area contributed by atoms with E-state index in [4.69, 9.17) is 15.6 Å². The Balaban J connectivity index is 2.66. The van der Waals surface area contributed by atoms with Crippen LogP contribution in [0, 0.1) is 0 Å². The number of hydrogen-bond acceptors (Lipinski definition) is 6. The fraction of sp³-hybridized carbons (Fsp3) is 0.526. The van der Waals surface area contributed by atoms with Gasteiger partial charge in [-0.25, -0.2) is 4.79 Å². The van der Waals surface area contributed by atoms with Crippen molar-refractivity contribution in [2.75, 3.05) is 12.7 Å². The highest BCUT2D eigenvalue weighted by atomic mass is 31.2. The Morgan fingerprint density at radius 3 is 2.43 bits per heavy atom. The topological polar surface area (TPSA) is 168 Å². The molecular weight excluding hydrogens is 413 g/mol. The number of nitrogens with one attached hydrogen (secondary N) is 2. The first-order valence-corrected chi connectivity index (χ1v) is 11.6. The highest BCUT2D eigenvalue weighted by Crippen LogP contribution is 2.47. The molecule has 0 fully saturated rings. The van der Waals surface area contributed by atoms with Gasteiger partial charge in [-0.2, -0.15) is 0 Å². The van der Waals surface area contributed by atoms with E-state index in [1.165, 1.54) is 6.92 Å². The molecule has 0 aromatic heterocycles. The SMILES string of the molecule is CC(NC(=O)CCP(=O)(O)C(CCCCN)NC(=O)OCc1ccccc1)C(=O)O. The Morgan fingerprint density at radius 2 is 1.83 bits per heavy atom. The Kier molecular flexibility index (Phi) is 11.1. The van der Waals surface area contributed by atoms with Crippen molar-refractivity contribution in [3.63, 3.8) is 0 Å². The van der Waals surface area contributed by atoms with Gasteiger partial charge in [0.25, 0.3) is 0 Å². The third kappa shape index (κ3) is 9.87. The molecule has 0 bridgehead atoms. The second-order valence-corrected chi connectivity index (χ2v) is 9.44. The van der Waals surface area contributed by atoms with Gasteiger partial charge in [0, 0.05) is 12.6 Å². The maximum atomic E-state index is 12.8. The molecular formula is C19H30N3O7P. The standard InChI is InChI=1S/C19H30N3O7P/c1-14(18(24)25)21-16(23)10-12-30(27,28)17(9-5-6-11-20)22-19(26)29-13-15-7-3-2-4-8-15/h2-4,7-8,14,17H,5-6,9-13,20H2,1H3,(H,21,23)(H,22,26)(H,24,25)(H,27,28). The van der Waals surface area contributed by atoms with Crippen LogP contribution in [-0.4, -0.2) is 52.5 Å². The lowest BCUT2D eigenvalue weighted by atomic mass is 10.2. The molecule has 168 valence electrons. The third-order valence-corrected chi connectivity index (χ3v) is 6.55. The highest BCUT2D eigenvalue weighted by molar-refractivity contribution is 7.58. The van der Waals surface area contributed by atoms with E-state index in [0.29, 0.717) is 19.4 Å². The molecule has 0 saturated carbocycles. The fourth-order valence-corrected chi connectivity index (χ4v) is 4.28. The van der Waals surface area contributed by atoms with Crippen LogP contribution in [0.2, 0.25) is 0 Å². The van der Waals surface area contributed by atoms with Crippen molar-refractivity contribution < 1.29 is 33.7 Å². The molecule has 1 aromatic rings. The quantitative estimate of drug-likeness (QED) is 0.226. The lowest BCUT2D eigenvalue weighted by Gasteiger charge is -2.24. The van der Waals surface area contributed by atoms with Gasteiger partial charge in [-0.05, 0) is 38.3 Å². The minimum atomic E-state index is -3.97. The van der Waals surface area contributed by atoms with Crippen molar-refractivity contribution in [3.8, 4) is 0 Å². The van der Waals surface area contributed by atoms with Gasteiger partial charge in [0.15, 0.2) is 0 Å². The summed E-state index contributed by atoms with van der Waals surface area (Å²) in [6.07, 6.45) is -0.286. The van der Waals surface area contributed by atoms with Crippen LogP contribution in [0.25, 0.3) is 0 Å². The Bertz CT molecular complexity index is 745. The van der Waals surface area contributed by atoms with Gasteiger partial charge in [0.1, 0.15) is 18.4 Å². The molecule has 3 atom stereocenters. The van der Waals surface area contributed by atoms with E-state index in [1.807, 2.05) is 6.07 Å². The summed E-state index contributed by atoms with van der Waals surface area (Å²) < 4.78 is 17.9. The number of carboxylic acid groups (broad SMARTS) is 1. The molecule has 11 heteroatoms. The summed E-state index contributed by atoms with van der Waals surface area (Å²) in [5.74, 6) is -2.97. The Hall–Kier alpha value is -2.42. The number of alkyl carbamates (subject to hydrolysis) is 1. The molecule has 0 radical (unpaired) electrons. The largest absolute Gasteiger partial charge is 0.480 e. The van der Waals surface area contributed by atoms with E-state index >= 15 is 0 Å². The number of hydrogen-bond donors (Lipinski definition) is 5. The maximum Gasteiger partial charge on any atom is 0.408 e. The number of benzene rings is 1. The van der Waals surface area contributed by atoms with Crippen LogP contribution in [0.15, 0.2) is 30.3 Å². The number of unbranched alkanes of at least 4 members (excludes halogenated alkanes) is 1. The zero-order valence-electron chi connectivity index (χ0n) is 17.0. The first-order valence-electron chi connectivity index (χ1n) is 9.66. The third-order valence-electron chi connectivity index (χ3n) is 4.32. The molecule has 0 heterocycles. The fourth-order valence-electron chi connectivity index (χ4n) is 2.55. The van der Waals surface area contributed by atoms with Gasteiger partial charge >= 0.3 is 12.1 Å². The normalized spacial score (nSPS) is 14.8. The van der Waals surface area contributed by atoms with Gasteiger partial charge < -0.3 is 31.1 Å². The molecule has 1 aromatic carbocycles. The van der Waals surface area contributed by atoms with Crippen LogP contribution in [0.3, 0.4) is 0 Å². The second-order valence-electron chi connectivity index (χ2n) is 6.86. The molecule has 6 N–H and O–H groups in total. The lowest BCUT2D eigenvalue weighted by Crippen LogP contribution is -2.39. The molecule has 10 nitrogen and oxygen atoms in total. The number of rotatable bonds is 13. The molecule has 1 rings (SSSR count). The van der Waals surface area contributed by atoms with Crippen LogP contribution >= 0.6 is 7.37 Å². The summed E-state index contributed by atoms with van der Waals surface area (Å²) in [7, 11) is -3.97. The smallest absolute Gasteiger partial charge is 0.408 e. The van der Waals surface area contributed by atoms with Crippen molar-refractivity contribution >= 4 is 25.3 Å². The average Bonchev–Trinajstić information content (AvgIpc) is 2.71. The zero-order valence-corrected chi connectivity index (χ0v) is 17.8. The van der Waals surface area contributed by atoms with E-state index in [1.54, 1.807) is 24.3 Å². The Morgan fingerprint density at radius 1 is 1.17 bits per heavy atom. The van der Waals surface area contributed by atoms with E-state index in [9.17, 15) is 23.8 Å². The van der Waals surface area contributed by atoms with Gasteiger partial charge in [-0.1, -0.05) is 30.3 Å². The van der Waals surface area contributed by atoms with Crippen molar-refractivity contribution in [1.82, 2.24) is 10.6 Å². The van der Waals surface area contributed by atoms with Crippen molar-refractivity contribution in [2.45, 2.75) is 51.0 Å². The van der Waals surface area contributed by atoms with Crippen LogP contribution < -0.4 is 16.4 Å². The number of nitrogens with two attached hydrogens (primary N) is 1. The van der Waals surface area contributed by atoms with E-state index < -0.39 is 43.3 Å². The molecule has 30 heavy (non-hydrogen) atoms. The molecule has 2 amide bonds. The summed E-state index contributed by atoms with van der Waals surface area (Å²) in [6, 6.07) is 7.86. The number of ether oxygens (including phenoxy) is 1. The molecule has 3 unspecified atom stereocenters. The summed E-state index contributed by atoms with van der Waals surface area (Å²) in [6.45, 7) is 1.70. The van der Waals surface area contributed by atoms with Crippen molar-refractivity contribution in [2.24, 2.45) is 5.73 Å². The molecule has 0 saturated heterocycles. The first kappa shape index (κ1) is 25.6. The first-order chi connectivity index (χ1) is 14.2. The average molecular weight is 443 g/mol. The molecule has 0 aliphatic heterocycles. The minimum Gasteiger partial charge on any atom is -0.480 e. The molecule has 0 aliphatic carbocycles. The monoisotopic (exact) mass is 443 g/mol. The van der Waals surface area contributed by atoms with Crippen molar-refractivity contribution in [1.29, 1.82) is 0 Å². The van der Waals surface area contributed by atoms with E-state index in [2.05, 4.69) is 10.6 Å². The van der Waals surface area contributed by atoms with E-state index in [0.717, 1.165) is 5.56 Å². The zero-order chi connectivity index (χ0) is 22.6. The van der Waals surface area contributed by atoms with Gasteiger partial charge in [0.05, 0.1) is 0 Å². The number of carbonyl (C=O) groups excluding carboxylic acids is 2. The van der Waals surface area contributed by atoms with Crippen molar-refractivity contribution in [3.05, 3.63) is 35.9 Å². The van der Waals surface area contributed by atoms with Crippen LogP contribution in [-0.2, 0) is 25.5 Å². The van der Waals surface area contributed by atoms with Gasteiger partial charge in [0.2, 0.25) is 13.3 Å². The second kappa shape index (κ2) is 13.0. The number of carboxylic acids is 1. The van der Waals surface area contributed by atoms with Gasteiger partial charge in [-0.3, -0.25) is 14.2 Å². The maximum absolute atomic E-state index is 12.8. The molecule has 0 spiro atoms. The summed E-state index contributed by atoms with van der Waals surface area (Å²) >= 11 is 0. The predicted molar refractivity (Wildman–Crippen MR) is 111 cm³/mol. The van der Waals surface area contributed by atoms with Gasteiger partial charge in [-0.15, -0.1) is 0 Å². The highest BCUT2D eigenvalue weighted by Gasteiger charge is 2.33. The van der Waals surface area contributed by atoms with Crippen LogP contribution in [0.4, 0.5) is 4.79 Å². The lowest BCUT2D eigenvalue weighted by molar-refractivity contribution is -0.141. The summed E-state index contributed by atoms with van der Waals surface area (Å²) in [4.78, 5) is 45.2. The van der Waals surface area contributed by atoms with Crippen LogP contribution in [0.5, 0.6) is 0 Å². The van der Waals surface area contributed by atoms with Crippen LogP contribution in [0.1, 0.15) is 38.2 Å². The number of amides is 2. The minimum absolute atomic E-state index is 0.00735. The molecule has 0 aliphatic rings. The number of aliphatic carboxylic acids is 1. The number of carbonyl (C=O) groups is 3.